The van der Waals surface area contributed by atoms with Crippen LogP contribution in [0.3, 0.4) is 0 Å². The molecule has 0 N–H and O–H groups in total. The van der Waals surface area contributed by atoms with E-state index in [1.54, 1.807) is 11.3 Å². The summed E-state index contributed by atoms with van der Waals surface area (Å²) in [5.74, 6) is 0. The first kappa shape index (κ1) is 10.6. The summed E-state index contributed by atoms with van der Waals surface area (Å²) in [7, 11) is 4.07. The zero-order valence-electron chi connectivity index (χ0n) is 8.57. The van der Waals surface area contributed by atoms with E-state index in [-0.39, 0.29) is 0 Å². The van der Waals surface area contributed by atoms with Crippen molar-refractivity contribution < 1.29 is 0 Å². The van der Waals surface area contributed by atoms with Crippen LogP contribution in [-0.2, 0) is 0 Å². The predicted molar refractivity (Wildman–Crippen MR) is 69.6 cm³/mol. The summed E-state index contributed by atoms with van der Waals surface area (Å²) in [6, 6.07) is 8.39. The van der Waals surface area contributed by atoms with Crippen LogP contribution in [0.5, 0.6) is 0 Å². The number of benzene rings is 1. The highest BCUT2D eigenvalue weighted by molar-refractivity contribution is 9.11. The third kappa shape index (κ3) is 2.38. The van der Waals surface area contributed by atoms with Crippen LogP contribution in [-0.4, -0.2) is 19.1 Å². The molecule has 2 nitrogen and oxygen atoms in total. The Morgan fingerprint density at radius 1 is 1.20 bits per heavy atom. The number of aromatic nitrogens is 1. The maximum absolute atomic E-state index is 4.38. The van der Waals surface area contributed by atoms with E-state index < -0.39 is 0 Å². The van der Waals surface area contributed by atoms with Crippen LogP contribution in [0.1, 0.15) is 0 Å². The van der Waals surface area contributed by atoms with Gasteiger partial charge in [-0.25, -0.2) is 4.98 Å². The molecule has 15 heavy (non-hydrogen) atoms. The Hall–Kier alpha value is -0.870. The standard InChI is InChI=1S/C11H11BrN2S/c1-14(2)9-5-3-8(4-6-9)10-7-15-11(12)13-10/h3-7H,1-2H3. The lowest BCUT2D eigenvalue weighted by atomic mass is 10.1. The summed E-state index contributed by atoms with van der Waals surface area (Å²) in [5, 5.41) is 2.05. The molecule has 0 radical (unpaired) electrons. The molecule has 0 atom stereocenters. The average Bonchev–Trinajstić information content (AvgIpc) is 2.65. The van der Waals surface area contributed by atoms with Gasteiger partial charge in [0.25, 0.3) is 0 Å². The highest BCUT2D eigenvalue weighted by atomic mass is 79.9. The fourth-order valence-corrected chi connectivity index (χ4v) is 2.33. The third-order valence-electron chi connectivity index (χ3n) is 2.16. The average molecular weight is 283 g/mol. The van der Waals surface area contributed by atoms with E-state index in [1.165, 1.54) is 5.69 Å². The molecule has 2 aromatic rings. The molecule has 2 rings (SSSR count). The van der Waals surface area contributed by atoms with Crippen LogP contribution in [0, 0.1) is 0 Å². The summed E-state index contributed by atoms with van der Waals surface area (Å²) in [4.78, 5) is 6.46. The lowest BCUT2D eigenvalue weighted by Crippen LogP contribution is -2.07. The molecule has 0 saturated carbocycles. The maximum atomic E-state index is 4.38. The van der Waals surface area contributed by atoms with Crippen LogP contribution in [0.25, 0.3) is 11.3 Å². The molecule has 0 spiro atoms. The molecule has 0 aliphatic rings. The van der Waals surface area contributed by atoms with Crippen LogP contribution < -0.4 is 4.90 Å². The topological polar surface area (TPSA) is 16.1 Å². The predicted octanol–water partition coefficient (Wildman–Crippen LogP) is 3.64. The third-order valence-corrected chi connectivity index (χ3v) is 3.52. The molecular formula is C11H11BrN2S. The SMILES string of the molecule is CN(C)c1ccc(-c2csc(Br)n2)cc1. The van der Waals surface area contributed by atoms with E-state index in [9.17, 15) is 0 Å². The molecule has 0 saturated heterocycles. The zero-order valence-corrected chi connectivity index (χ0v) is 11.0. The fraction of sp³-hybridized carbons (Fsp3) is 0.182. The van der Waals surface area contributed by atoms with Crippen LogP contribution in [0.15, 0.2) is 33.6 Å². The number of hydrogen-bond donors (Lipinski definition) is 0. The van der Waals surface area contributed by atoms with Crippen LogP contribution in [0.4, 0.5) is 5.69 Å². The normalized spacial score (nSPS) is 10.3. The highest BCUT2D eigenvalue weighted by Gasteiger charge is 2.02. The van der Waals surface area contributed by atoms with Gasteiger partial charge < -0.3 is 4.90 Å². The molecule has 1 heterocycles. The van der Waals surface area contributed by atoms with E-state index in [0.29, 0.717) is 0 Å². The smallest absolute Gasteiger partial charge is 0.159 e. The zero-order chi connectivity index (χ0) is 10.8. The Morgan fingerprint density at radius 2 is 1.87 bits per heavy atom. The van der Waals surface area contributed by atoms with Gasteiger partial charge in [0.05, 0.1) is 5.69 Å². The Labute approximate surface area is 102 Å². The summed E-state index contributed by atoms with van der Waals surface area (Å²) >= 11 is 4.97. The van der Waals surface area contributed by atoms with Crippen molar-refractivity contribution in [2.45, 2.75) is 0 Å². The molecule has 0 amide bonds. The minimum atomic E-state index is 0.925. The molecule has 0 unspecified atom stereocenters. The first-order valence-corrected chi connectivity index (χ1v) is 6.23. The second kappa shape index (κ2) is 4.33. The van der Waals surface area contributed by atoms with E-state index in [1.807, 2.05) is 14.1 Å². The summed E-state index contributed by atoms with van der Waals surface area (Å²) in [5.41, 5.74) is 3.38. The Kier molecular flexibility index (Phi) is 3.07. The van der Waals surface area contributed by atoms with Gasteiger partial charge in [-0.1, -0.05) is 12.1 Å². The monoisotopic (exact) mass is 282 g/mol. The second-order valence-corrected chi connectivity index (χ2v) is 5.56. The number of nitrogens with zero attached hydrogens (tertiary/aromatic N) is 2. The molecule has 0 bridgehead atoms. The molecule has 4 heteroatoms. The van der Waals surface area contributed by atoms with Gasteiger partial charge in [-0.2, -0.15) is 0 Å². The number of rotatable bonds is 2. The highest BCUT2D eigenvalue weighted by Crippen LogP contribution is 2.26. The summed E-state index contributed by atoms with van der Waals surface area (Å²) in [6.45, 7) is 0. The second-order valence-electron chi connectivity index (χ2n) is 3.43. The van der Waals surface area contributed by atoms with Gasteiger partial charge in [-0.3, -0.25) is 0 Å². The van der Waals surface area contributed by atoms with Gasteiger partial charge in [0.1, 0.15) is 0 Å². The lowest BCUT2D eigenvalue weighted by molar-refractivity contribution is 1.13. The Morgan fingerprint density at radius 3 is 2.33 bits per heavy atom. The first-order valence-electron chi connectivity index (χ1n) is 4.55. The van der Waals surface area contributed by atoms with E-state index in [2.05, 4.69) is 55.5 Å². The summed E-state index contributed by atoms with van der Waals surface area (Å²) < 4.78 is 0.925. The number of hydrogen-bond acceptors (Lipinski definition) is 3. The van der Waals surface area contributed by atoms with Crippen molar-refractivity contribution in [3.05, 3.63) is 33.6 Å². The molecule has 78 valence electrons. The number of halogens is 1. The van der Waals surface area contributed by atoms with Crippen molar-refractivity contribution in [1.82, 2.24) is 4.98 Å². The van der Waals surface area contributed by atoms with Crippen molar-refractivity contribution in [1.29, 1.82) is 0 Å². The minimum Gasteiger partial charge on any atom is -0.378 e. The first-order chi connectivity index (χ1) is 7.16. The Balaban J connectivity index is 2.31. The van der Waals surface area contributed by atoms with Gasteiger partial charge in [-0.05, 0) is 28.1 Å². The van der Waals surface area contributed by atoms with Crippen LogP contribution >= 0.6 is 27.3 Å². The molecule has 1 aromatic carbocycles. The molecule has 0 fully saturated rings. The van der Waals surface area contributed by atoms with Crippen molar-refractivity contribution in [3.8, 4) is 11.3 Å². The van der Waals surface area contributed by atoms with Crippen molar-refractivity contribution in [3.63, 3.8) is 0 Å². The van der Waals surface area contributed by atoms with E-state index in [0.717, 1.165) is 15.2 Å². The Bertz CT molecular complexity index is 448. The molecule has 0 aliphatic heterocycles. The quantitative estimate of drug-likeness (QED) is 0.836. The number of anilines is 1. The van der Waals surface area contributed by atoms with Crippen molar-refractivity contribution in [2.24, 2.45) is 0 Å². The fourth-order valence-electron chi connectivity index (χ4n) is 1.31. The van der Waals surface area contributed by atoms with Gasteiger partial charge in [0.15, 0.2) is 3.92 Å². The molecule has 0 aliphatic carbocycles. The van der Waals surface area contributed by atoms with Gasteiger partial charge in [-0.15, -0.1) is 11.3 Å². The largest absolute Gasteiger partial charge is 0.378 e. The molecule has 1 aromatic heterocycles. The number of thiazole rings is 1. The van der Waals surface area contributed by atoms with E-state index in [4.69, 9.17) is 0 Å². The minimum absolute atomic E-state index is 0.925. The van der Waals surface area contributed by atoms with Gasteiger partial charge >= 0.3 is 0 Å². The maximum Gasteiger partial charge on any atom is 0.159 e. The summed E-state index contributed by atoms with van der Waals surface area (Å²) in [6.07, 6.45) is 0. The van der Waals surface area contributed by atoms with Gasteiger partial charge in [0, 0.05) is 30.7 Å². The van der Waals surface area contributed by atoms with Gasteiger partial charge in [0.2, 0.25) is 0 Å². The lowest BCUT2D eigenvalue weighted by Gasteiger charge is -2.12. The van der Waals surface area contributed by atoms with Crippen molar-refractivity contribution in [2.75, 3.05) is 19.0 Å². The van der Waals surface area contributed by atoms with Crippen LogP contribution in [0.2, 0.25) is 0 Å². The molecular weight excluding hydrogens is 272 g/mol. The van der Waals surface area contributed by atoms with E-state index >= 15 is 0 Å². The van der Waals surface area contributed by atoms with Crippen molar-refractivity contribution >= 4 is 33.0 Å².